The van der Waals surface area contributed by atoms with Crippen molar-refractivity contribution in [2.24, 2.45) is 0 Å². The Balaban J connectivity index is 1.25. The number of aromatic nitrogens is 1. The summed E-state index contributed by atoms with van der Waals surface area (Å²) in [6.45, 7) is 3.00. The van der Waals surface area contributed by atoms with Gasteiger partial charge in [0.1, 0.15) is 0 Å². The van der Waals surface area contributed by atoms with Crippen LogP contribution in [0.4, 0.5) is 5.69 Å². The zero-order valence-corrected chi connectivity index (χ0v) is 17.4. The van der Waals surface area contributed by atoms with E-state index in [1.54, 1.807) is 29.2 Å². The first-order valence-corrected chi connectivity index (χ1v) is 11.1. The van der Waals surface area contributed by atoms with Gasteiger partial charge >= 0.3 is 11.8 Å². The molecular weight excluding hydrogens is 366 g/mol. The Labute approximate surface area is 173 Å². The van der Waals surface area contributed by atoms with Crippen LogP contribution in [0.1, 0.15) is 44.9 Å². The normalized spacial score (nSPS) is 23.6. The van der Waals surface area contributed by atoms with Gasteiger partial charge in [-0.15, -0.1) is 0 Å². The van der Waals surface area contributed by atoms with Crippen LogP contribution in [0.15, 0.2) is 24.5 Å². The maximum Gasteiger partial charge on any atom is 0.312 e. The van der Waals surface area contributed by atoms with Crippen LogP contribution in [0.2, 0.25) is 0 Å². The van der Waals surface area contributed by atoms with Crippen molar-refractivity contribution >= 4 is 17.5 Å². The van der Waals surface area contributed by atoms with Crippen LogP contribution in [0, 0.1) is 0 Å². The fraction of sp³-hybridized carbons (Fsp3) is 0.682. The molecule has 1 unspecified atom stereocenters. The van der Waals surface area contributed by atoms with Crippen molar-refractivity contribution in [1.82, 2.24) is 20.1 Å². The number of carbonyl (C=O) groups excluding carboxylic acids is 2. The third-order valence-electron chi connectivity index (χ3n) is 6.85. The maximum atomic E-state index is 12.8. The number of likely N-dealkylation sites (N-methyl/N-ethyl adjacent to an activating group) is 1. The van der Waals surface area contributed by atoms with E-state index in [9.17, 15) is 9.59 Å². The Morgan fingerprint density at radius 3 is 2.34 bits per heavy atom. The molecule has 1 N–H and O–H groups in total. The van der Waals surface area contributed by atoms with E-state index >= 15 is 0 Å². The second-order valence-electron chi connectivity index (χ2n) is 8.72. The number of likely N-dealkylation sites (tertiary alicyclic amines) is 1. The quantitative estimate of drug-likeness (QED) is 0.780. The lowest BCUT2D eigenvalue weighted by Crippen LogP contribution is -2.52. The highest BCUT2D eigenvalue weighted by molar-refractivity contribution is 6.34. The Hall–Kier alpha value is -2.15. The van der Waals surface area contributed by atoms with Crippen LogP contribution in [0.3, 0.4) is 0 Å². The molecule has 1 aromatic heterocycles. The molecule has 3 fully saturated rings. The number of pyridine rings is 1. The predicted molar refractivity (Wildman–Crippen MR) is 113 cm³/mol. The number of piperidine rings is 1. The highest BCUT2D eigenvalue weighted by atomic mass is 16.2. The van der Waals surface area contributed by atoms with Gasteiger partial charge in [0.25, 0.3) is 0 Å². The molecule has 7 nitrogen and oxygen atoms in total. The number of hydrogen-bond acceptors (Lipinski definition) is 5. The Bertz CT molecular complexity index is 698. The van der Waals surface area contributed by atoms with E-state index in [4.69, 9.17) is 0 Å². The monoisotopic (exact) mass is 399 g/mol. The van der Waals surface area contributed by atoms with E-state index in [0.717, 1.165) is 38.0 Å². The van der Waals surface area contributed by atoms with Crippen molar-refractivity contribution in [3.63, 3.8) is 0 Å². The van der Waals surface area contributed by atoms with Gasteiger partial charge in [0, 0.05) is 63.4 Å². The van der Waals surface area contributed by atoms with Crippen molar-refractivity contribution in [2.45, 2.75) is 63.1 Å². The molecule has 29 heavy (non-hydrogen) atoms. The van der Waals surface area contributed by atoms with Crippen LogP contribution in [-0.4, -0.2) is 78.0 Å². The van der Waals surface area contributed by atoms with Crippen molar-refractivity contribution in [3.8, 4) is 0 Å². The standard InChI is InChI=1S/C22H33N5O2/c1-25(20-10-15-27(16-20)19-6-11-23-12-7-19)21(28)22(29)26-13-8-18(9-14-26)24-17-4-2-3-5-17/h6-7,11-12,17-18,20,24H,2-5,8-10,13-16H2,1H3. The van der Waals surface area contributed by atoms with Crippen LogP contribution in [0.5, 0.6) is 0 Å². The van der Waals surface area contributed by atoms with Crippen molar-refractivity contribution < 1.29 is 9.59 Å². The van der Waals surface area contributed by atoms with Crippen molar-refractivity contribution in [3.05, 3.63) is 24.5 Å². The van der Waals surface area contributed by atoms with Gasteiger partial charge in [0.05, 0.1) is 6.04 Å². The molecule has 2 amide bonds. The van der Waals surface area contributed by atoms with Crippen LogP contribution in [0.25, 0.3) is 0 Å². The number of nitrogens with one attached hydrogen (secondary N) is 1. The molecule has 3 aliphatic rings. The Kier molecular flexibility index (Phi) is 6.33. The molecule has 2 aliphatic heterocycles. The first-order chi connectivity index (χ1) is 14.1. The van der Waals surface area contributed by atoms with Crippen LogP contribution < -0.4 is 10.2 Å². The maximum absolute atomic E-state index is 12.8. The van der Waals surface area contributed by atoms with Crippen molar-refractivity contribution in [2.75, 3.05) is 38.1 Å². The molecule has 4 rings (SSSR count). The summed E-state index contributed by atoms with van der Waals surface area (Å²) in [4.78, 5) is 35.3. The van der Waals surface area contributed by atoms with E-state index in [1.165, 1.54) is 25.7 Å². The fourth-order valence-corrected chi connectivity index (χ4v) is 4.97. The van der Waals surface area contributed by atoms with Gasteiger partial charge < -0.3 is 20.0 Å². The summed E-state index contributed by atoms with van der Waals surface area (Å²) in [5, 5.41) is 3.75. The van der Waals surface area contributed by atoms with Crippen molar-refractivity contribution in [1.29, 1.82) is 0 Å². The lowest BCUT2D eigenvalue weighted by Gasteiger charge is -2.35. The van der Waals surface area contributed by atoms with E-state index in [0.29, 0.717) is 25.2 Å². The molecule has 1 aliphatic carbocycles. The van der Waals surface area contributed by atoms with Gasteiger partial charge in [-0.3, -0.25) is 14.6 Å². The lowest BCUT2D eigenvalue weighted by atomic mass is 10.0. The van der Waals surface area contributed by atoms with Gasteiger partial charge in [0.15, 0.2) is 0 Å². The molecule has 3 heterocycles. The molecule has 158 valence electrons. The number of carbonyl (C=O) groups is 2. The number of nitrogens with zero attached hydrogens (tertiary/aromatic N) is 4. The molecule has 0 spiro atoms. The highest BCUT2D eigenvalue weighted by Gasteiger charge is 2.34. The van der Waals surface area contributed by atoms with E-state index in [1.807, 2.05) is 12.1 Å². The lowest BCUT2D eigenvalue weighted by molar-refractivity contribution is -0.152. The number of hydrogen-bond donors (Lipinski definition) is 1. The smallest absolute Gasteiger partial charge is 0.312 e. The van der Waals surface area contributed by atoms with Gasteiger partial charge in [0.2, 0.25) is 0 Å². The minimum atomic E-state index is -0.367. The molecule has 1 aromatic rings. The summed E-state index contributed by atoms with van der Waals surface area (Å²) in [6, 6.07) is 5.18. The number of amides is 2. The summed E-state index contributed by atoms with van der Waals surface area (Å²) < 4.78 is 0. The van der Waals surface area contributed by atoms with Crippen LogP contribution in [-0.2, 0) is 9.59 Å². The average molecular weight is 400 g/mol. The number of rotatable bonds is 4. The average Bonchev–Trinajstić information content (AvgIpc) is 3.46. The molecule has 1 atom stereocenters. The summed E-state index contributed by atoms with van der Waals surface area (Å²) in [5.41, 5.74) is 1.12. The van der Waals surface area contributed by atoms with E-state index in [-0.39, 0.29) is 17.9 Å². The minimum absolute atomic E-state index is 0.0705. The second kappa shape index (κ2) is 9.11. The summed E-state index contributed by atoms with van der Waals surface area (Å²) >= 11 is 0. The second-order valence-corrected chi connectivity index (χ2v) is 8.72. The minimum Gasteiger partial charge on any atom is -0.369 e. The number of anilines is 1. The molecule has 2 saturated heterocycles. The van der Waals surface area contributed by atoms with Gasteiger partial charge in [-0.05, 0) is 44.2 Å². The van der Waals surface area contributed by atoms with E-state index in [2.05, 4.69) is 15.2 Å². The topological polar surface area (TPSA) is 68.8 Å². The molecule has 7 heteroatoms. The predicted octanol–water partition coefficient (Wildman–Crippen LogP) is 1.64. The Morgan fingerprint density at radius 1 is 1.00 bits per heavy atom. The van der Waals surface area contributed by atoms with Gasteiger partial charge in [-0.1, -0.05) is 12.8 Å². The first-order valence-electron chi connectivity index (χ1n) is 11.1. The summed E-state index contributed by atoms with van der Waals surface area (Å²) in [7, 11) is 1.77. The summed E-state index contributed by atoms with van der Waals surface area (Å²) in [5.74, 6) is -0.706. The van der Waals surface area contributed by atoms with Gasteiger partial charge in [-0.2, -0.15) is 0 Å². The molecule has 0 bridgehead atoms. The highest BCUT2D eigenvalue weighted by Crippen LogP contribution is 2.23. The third-order valence-corrected chi connectivity index (χ3v) is 6.85. The van der Waals surface area contributed by atoms with Gasteiger partial charge in [-0.25, -0.2) is 0 Å². The SMILES string of the molecule is CN(C(=O)C(=O)N1CCC(NC2CCCC2)CC1)C1CCN(c2ccncc2)C1. The fourth-order valence-electron chi connectivity index (χ4n) is 4.97. The largest absolute Gasteiger partial charge is 0.369 e. The first kappa shape index (κ1) is 20.1. The summed E-state index contributed by atoms with van der Waals surface area (Å²) in [6.07, 6.45) is 11.5. The van der Waals surface area contributed by atoms with Crippen LogP contribution >= 0.6 is 0 Å². The van der Waals surface area contributed by atoms with E-state index < -0.39 is 0 Å². The molecule has 1 saturated carbocycles. The zero-order chi connectivity index (χ0) is 20.2. The third kappa shape index (κ3) is 4.71. The Morgan fingerprint density at radius 2 is 1.66 bits per heavy atom. The molecule has 0 aromatic carbocycles. The zero-order valence-electron chi connectivity index (χ0n) is 17.4. The molecule has 0 radical (unpaired) electrons. The molecular formula is C22H33N5O2.